The second-order valence-electron chi connectivity index (χ2n) is 14.6. The second kappa shape index (κ2) is 21.4. The molecule has 13 nitrogen and oxygen atoms in total. The lowest BCUT2D eigenvalue weighted by Crippen LogP contribution is -2.45. The SMILES string of the molecule is C#C[C@]1(CO[P@](=O)(N[C@@H](Cc2ccccc2)C(=O)OC(CCCCCCC)CCCCCCC)Oc2ccccc2)O[C@@H](n2cnc3c(N)nc(F)nc32)C[C@@H]1O. The number of nitrogen functional groups attached to an aromatic ring is 1. The number of ether oxygens (including phenoxy) is 2. The summed E-state index contributed by atoms with van der Waals surface area (Å²) in [7, 11) is -4.51. The summed E-state index contributed by atoms with van der Waals surface area (Å²) < 4.78 is 55.0. The lowest BCUT2D eigenvalue weighted by Gasteiger charge is -2.30. The number of esters is 1. The second-order valence-corrected chi connectivity index (χ2v) is 16.3. The van der Waals surface area contributed by atoms with Crippen molar-refractivity contribution in [3.8, 4) is 18.1 Å². The molecule has 15 heteroatoms. The summed E-state index contributed by atoms with van der Waals surface area (Å²) in [6.45, 7) is 3.73. The summed E-state index contributed by atoms with van der Waals surface area (Å²) in [5.41, 5.74) is 4.96. The van der Waals surface area contributed by atoms with Crippen molar-refractivity contribution in [1.29, 1.82) is 0 Å². The van der Waals surface area contributed by atoms with Crippen molar-refractivity contribution < 1.29 is 37.4 Å². The van der Waals surface area contributed by atoms with Crippen molar-refractivity contribution >= 4 is 30.7 Å². The zero-order chi connectivity index (χ0) is 40.7. The molecule has 1 aliphatic rings. The average molecular weight is 807 g/mol. The molecule has 0 saturated carbocycles. The van der Waals surface area contributed by atoms with Gasteiger partial charge in [0, 0.05) is 6.42 Å². The van der Waals surface area contributed by atoms with Crippen LogP contribution in [0.2, 0.25) is 0 Å². The predicted octanol–water partition coefficient (Wildman–Crippen LogP) is 8.24. The van der Waals surface area contributed by atoms with Crippen molar-refractivity contribution in [3.05, 3.63) is 78.6 Å². The number of anilines is 1. The zero-order valence-electron chi connectivity index (χ0n) is 32.9. The smallest absolute Gasteiger partial charge is 0.459 e. The molecule has 0 spiro atoms. The molecule has 2 aromatic heterocycles. The minimum atomic E-state index is -4.51. The quantitative estimate of drug-likeness (QED) is 0.0204. The highest BCUT2D eigenvalue weighted by atomic mass is 31.2. The van der Waals surface area contributed by atoms with Gasteiger partial charge in [0.05, 0.1) is 6.33 Å². The van der Waals surface area contributed by atoms with Crippen molar-refractivity contribution in [1.82, 2.24) is 24.6 Å². The fourth-order valence-corrected chi connectivity index (χ4v) is 8.44. The molecule has 0 radical (unpaired) electrons. The van der Waals surface area contributed by atoms with Gasteiger partial charge in [-0.05, 0) is 49.8 Å². The Hall–Kier alpha value is -4.38. The van der Waals surface area contributed by atoms with Crippen molar-refractivity contribution in [2.45, 2.75) is 134 Å². The Bertz CT molecular complexity index is 1930. The Morgan fingerprint density at radius 1 is 1.04 bits per heavy atom. The van der Waals surface area contributed by atoms with Gasteiger partial charge in [0.25, 0.3) is 0 Å². The number of aliphatic hydroxyl groups excluding tert-OH is 1. The maximum Gasteiger partial charge on any atom is 0.459 e. The van der Waals surface area contributed by atoms with Crippen LogP contribution in [0, 0.1) is 18.4 Å². The van der Waals surface area contributed by atoms with Gasteiger partial charge in [0.15, 0.2) is 22.6 Å². The molecule has 2 aromatic carbocycles. The van der Waals surface area contributed by atoms with Gasteiger partial charge in [-0.1, -0.05) is 120 Å². The first-order chi connectivity index (χ1) is 27.6. The van der Waals surface area contributed by atoms with E-state index < -0.39 is 50.4 Å². The summed E-state index contributed by atoms with van der Waals surface area (Å²) in [5, 5.41) is 14.2. The highest BCUT2D eigenvalue weighted by Gasteiger charge is 2.50. The number of nitrogens with one attached hydrogen (secondary N) is 1. The van der Waals surface area contributed by atoms with Crippen LogP contribution >= 0.6 is 7.75 Å². The molecular formula is C42H56FN6O7P. The number of unbranched alkanes of at least 4 members (excludes halogenated alkanes) is 8. The molecular weight excluding hydrogens is 750 g/mol. The van der Waals surface area contributed by atoms with Crippen LogP contribution < -0.4 is 15.3 Å². The molecule has 0 unspecified atom stereocenters. The molecule has 0 aliphatic carbocycles. The monoisotopic (exact) mass is 806 g/mol. The van der Waals surface area contributed by atoms with Crippen molar-refractivity contribution in [2.24, 2.45) is 0 Å². The van der Waals surface area contributed by atoms with Gasteiger partial charge < -0.3 is 24.8 Å². The number of benzene rings is 2. The molecule has 308 valence electrons. The van der Waals surface area contributed by atoms with E-state index >= 15 is 0 Å². The van der Waals surface area contributed by atoms with Crippen LogP contribution in [0.5, 0.6) is 5.75 Å². The Morgan fingerprint density at radius 2 is 1.67 bits per heavy atom. The molecule has 1 aliphatic heterocycles. The number of imidazole rings is 1. The normalized spacial score (nSPS) is 19.6. The maximum absolute atomic E-state index is 14.9. The Morgan fingerprint density at radius 3 is 2.30 bits per heavy atom. The van der Waals surface area contributed by atoms with Crippen LogP contribution in [0.4, 0.5) is 10.2 Å². The predicted molar refractivity (Wildman–Crippen MR) is 216 cm³/mol. The highest BCUT2D eigenvalue weighted by molar-refractivity contribution is 7.52. The van der Waals surface area contributed by atoms with Crippen LogP contribution in [0.25, 0.3) is 11.2 Å². The molecule has 0 amide bonds. The number of para-hydroxylation sites is 1. The summed E-state index contributed by atoms with van der Waals surface area (Å²) in [6.07, 6.45) is 15.9. The third-order valence-corrected chi connectivity index (χ3v) is 11.7. The van der Waals surface area contributed by atoms with Gasteiger partial charge in [-0.25, -0.2) is 9.55 Å². The molecule has 5 rings (SSSR count). The first-order valence-electron chi connectivity index (χ1n) is 20.1. The zero-order valence-corrected chi connectivity index (χ0v) is 33.8. The molecule has 1 saturated heterocycles. The molecule has 1 fully saturated rings. The van der Waals surface area contributed by atoms with Gasteiger partial charge >= 0.3 is 19.8 Å². The summed E-state index contributed by atoms with van der Waals surface area (Å²) in [5.74, 6) is 1.92. The number of hydrogen-bond donors (Lipinski definition) is 3. The lowest BCUT2D eigenvalue weighted by atomic mass is 9.99. The van der Waals surface area contributed by atoms with E-state index in [0.29, 0.717) is 0 Å². The van der Waals surface area contributed by atoms with Gasteiger partial charge in [-0.15, -0.1) is 6.42 Å². The number of fused-ring (bicyclic) bond motifs is 1. The van der Waals surface area contributed by atoms with Gasteiger partial charge in [-0.3, -0.25) is 13.9 Å². The van der Waals surface area contributed by atoms with Crippen LogP contribution in [-0.4, -0.2) is 61.1 Å². The Labute approximate surface area is 334 Å². The number of aromatic nitrogens is 4. The van der Waals surface area contributed by atoms with E-state index in [0.717, 1.165) is 82.6 Å². The van der Waals surface area contributed by atoms with Gasteiger partial charge in [0.2, 0.25) is 0 Å². The molecule has 4 aromatic rings. The number of nitrogens with zero attached hydrogens (tertiary/aromatic N) is 4. The Kier molecular flexibility index (Phi) is 16.4. The number of halogens is 1. The minimum Gasteiger partial charge on any atom is -0.461 e. The molecule has 0 bridgehead atoms. The van der Waals surface area contributed by atoms with E-state index in [2.05, 4.69) is 39.8 Å². The fourth-order valence-electron chi connectivity index (χ4n) is 6.92. The largest absolute Gasteiger partial charge is 0.461 e. The van der Waals surface area contributed by atoms with E-state index in [1.165, 1.54) is 10.9 Å². The van der Waals surface area contributed by atoms with Gasteiger partial charge in [-0.2, -0.15) is 19.4 Å². The van der Waals surface area contributed by atoms with Crippen LogP contribution in [-0.2, 0) is 29.8 Å². The Balaban J connectivity index is 1.39. The van der Waals surface area contributed by atoms with E-state index in [1.54, 1.807) is 30.3 Å². The van der Waals surface area contributed by atoms with Crippen molar-refractivity contribution in [3.63, 3.8) is 0 Å². The summed E-state index contributed by atoms with van der Waals surface area (Å²) in [4.78, 5) is 25.8. The topological polar surface area (TPSA) is 173 Å². The lowest BCUT2D eigenvalue weighted by molar-refractivity contribution is -0.152. The highest BCUT2D eigenvalue weighted by Crippen LogP contribution is 2.48. The summed E-state index contributed by atoms with van der Waals surface area (Å²) in [6, 6.07) is 16.5. The van der Waals surface area contributed by atoms with Crippen LogP contribution in [0.15, 0.2) is 67.0 Å². The number of rotatable bonds is 24. The third kappa shape index (κ3) is 12.3. The van der Waals surface area contributed by atoms with E-state index in [1.807, 2.05) is 30.3 Å². The van der Waals surface area contributed by atoms with Gasteiger partial charge in [0.1, 0.15) is 36.8 Å². The first kappa shape index (κ1) is 43.7. The molecule has 5 atom stereocenters. The standard InChI is InChI=1S/C42H56FN6O7P/c1-4-7-9-11-17-23-32(24-18-12-10-8-5-2)54-40(51)34(27-31-21-15-13-16-22-31)48-57(52,56-33-25-19-14-20-26-33)53-29-42(6-3)35(50)28-36(55-42)49-30-45-37-38(44)46-41(43)47-39(37)49/h3,13-16,19-22,25-26,30,32,34-36,50H,4-5,7-12,17-18,23-24,27-29H2,1-2H3,(H,48,52)(H2,44,46,47)/t34-,35-,36+,42+,57+/m0/s1. The van der Waals surface area contributed by atoms with E-state index in [-0.39, 0.29) is 41.7 Å². The molecule has 57 heavy (non-hydrogen) atoms. The van der Waals surface area contributed by atoms with E-state index in [4.69, 9.17) is 30.7 Å². The molecule has 4 N–H and O–H groups in total. The van der Waals surface area contributed by atoms with E-state index in [9.17, 15) is 18.9 Å². The summed E-state index contributed by atoms with van der Waals surface area (Å²) >= 11 is 0. The number of terminal acetylenes is 1. The van der Waals surface area contributed by atoms with Crippen LogP contribution in [0.1, 0.15) is 109 Å². The number of aliphatic hydroxyl groups is 1. The third-order valence-electron chi connectivity index (χ3n) is 10.1. The number of carbonyl (C=O) groups excluding carboxylic acids is 1. The van der Waals surface area contributed by atoms with Crippen molar-refractivity contribution in [2.75, 3.05) is 12.3 Å². The number of hydrogen-bond acceptors (Lipinski definition) is 11. The molecule has 3 heterocycles. The average Bonchev–Trinajstić information content (AvgIpc) is 3.78. The fraction of sp³-hybridized carbons (Fsp3) is 0.524. The van der Waals surface area contributed by atoms with Crippen LogP contribution in [0.3, 0.4) is 0 Å². The number of nitrogens with two attached hydrogens (primary N) is 1. The number of carbonyl (C=O) groups is 1. The first-order valence-corrected chi connectivity index (χ1v) is 21.6. The minimum absolute atomic E-state index is 0.0354. The maximum atomic E-state index is 14.9.